The van der Waals surface area contributed by atoms with Crippen LogP contribution in [0, 0.1) is 5.92 Å². The highest BCUT2D eigenvalue weighted by Crippen LogP contribution is 2.22. The first-order valence-corrected chi connectivity index (χ1v) is 9.17. The van der Waals surface area contributed by atoms with E-state index in [9.17, 15) is 9.59 Å². The molecule has 0 saturated heterocycles. The van der Waals surface area contributed by atoms with Gasteiger partial charge in [0, 0.05) is 30.1 Å². The monoisotopic (exact) mass is 379 g/mol. The minimum absolute atomic E-state index is 0.0173. The van der Waals surface area contributed by atoms with Crippen LogP contribution in [0.25, 0.3) is 0 Å². The van der Waals surface area contributed by atoms with Crippen LogP contribution in [-0.2, 0) is 17.9 Å². The molecule has 0 radical (unpaired) electrons. The maximum atomic E-state index is 12.1. The second kappa shape index (κ2) is 8.87. The lowest BCUT2D eigenvalue weighted by atomic mass is 10.1. The summed E-state index contributed by atoms with van der Waals surface area (Å²) >= 11 is 7.36. The third-order valence-corrected chi connectivity index (χ3v) is 4.77. The van der Waals surface area contributed by atoms with Crippen molar-refractivity contribution < 1.29 is 9.59 Å². The van der Waals surface area contributed by atoms with Gasteiger partial charge in [0.1, 0.15) is 0 Å². The third-order valence-electron chi connectivity index (χ3n) is 3.56. The number of hydrogen-bond donors (Lipinski definition) is 2. The largest absolute Gasteiger partial charge is 0.334 e. The number of anilines is 1. The number of hydrogen-bond acceptors (Lipinski definition) is 3. The lowest BCUT2D eigenvalue weighted by Crippen LogP contribution is -2.36. The molecule has 7 heteroatoms. The molecule has 0 aliphatic carbocycles. The summed E-state index contributed by atoms with van der Waals surface area (Å²) in [5.41, 5.74) is 1.71. The Kier molecular flexibility index (Phi) is 6.84. The van der Waals surface area contributed by atoms with Crippen molar-refractivity contribution in [3.63, 3.8) is 0 Å². The Morgan fingerprint density at radius 3 is 2.40 bits per heavy atom. The molecule has 2 aromatic rings. The van der Waals surface area contributed by atoms with Crippen LogP contribution in [0.1, 0.15) is 24.3 Å². The first-order valence-electron chi connectivity index (χ1n) is 7.98. The number of nitrogens with zero attached hydrogens (tertiary/aromatic N) is 1. The molecule has 0 atom stereocenters. The molecule has 2 rings (SSSR count). The second-order valence-corrected chi connectivity index (χ2v) is 7.86. The SMILES string of the molecule is CC(C)C(=O)Nc1ccc(CNC(=O)N(C)Cc2ccc(Cl)s2)cc1. The maximum Gasteiger partial charge on any atom is 0.317 e. The van der Waals surface area contributed by atoms with E-state index in [1.807, 2.05) is 50.2 Å². The van der Waals surface area contributed by atoms with Crippen molar-refractivity contribution >= 4 is 40.6 Å². The second-order valence-electron chi connectivity index (χ2n) is 6.06. The number of rotatable bonds is 6. The van der Waals surface area contributed by atoms with Gasteiger partial charge >= 0.3 is 6.03 Å². The number of carbonyl (C=O) groups excluding carboxylic acids is 2. The van der Waals surface area contributed by atoms with E-state index in [1.165, 1.54) is 11.3 Å². The van der Waals surface area contributed by atoms with Gasteiger partial charge in [-0.05, 0) is 29.8 Å². The fraction of sp³-hybridized carbons (Fsp3) is 0.333. The topological polar surface area (TPSA) is 61.4 Å². The number of benzene rings is 1. The van der Waals surface area contributed by atoms with Gasteiger partial charge in [0.15, 0.2) is 0 Å². The van der Waals surface area contributed by atoms with E-state index in [1.54, 1.807) is 11.9 Å². The first kappa shape index (κ1) is 19.3. The molecule has 0 saturated carbocycles. The summed E-state index contributed by atoms with van der Waals surface area (Å²) in [7, 11) is 1.74. The minimum Gasteiger partial charge on any atom is -0.334 e. The van der Waals surface area contributed by atoms with Gasteiger partial charge in [0.2, 0.25) is 5.91 Å². The van der Waals surface area contributed by atoms with Gasteiger partial charge in [-0.2, -0.15) is 0 Å². The van der Waals surface area contributed by atoms with E-state index in [-0.39, 0.29) is 17.9 Å². The summed E-state index contributed by atoms with van der Waals surface area (Å²) in [5, 5.41) is 5.71. The van der Waals surface area contributed by atoms with Crippen molar-refractivity contribution in [2.24, 2.45) is 5.92 Å². The number of amides is 3. The average Bonchev–Trinajstić information content (AvgIpc) is 2.98. The summed E-state index contributed by atoms with van der Waals surface area (Å²) in [6.07, 6.45) is 0. The Bertz CT molecular complexity index is 728. The lowest BCUT2D eigenvalue weighted by Gasteiger charge is -2.17. The van der Waals surface area contributed by atoms with Crippen molar-refractivity contribution in [2.75, 3.05) is 12.4 Å². The van der Waals surface area contributed by atoms with Crippen LogP contribution >= 0.6 is 22.9 Å². The van der Waals surface area contributed by atoms with E-state index < -0.39 is 0 Å². The summed E-state index contributed by atoms with van der Waals surface area (Å²) in [4.78, 5) is 26.4. The van der Waals surface area contributed by atoms with Gasteiger partial charge in [-0.3, -0.25) is 4.79 Å². The van der Waals surface area contributed by atoms with E-state index in [2.05, 4.69) is 10.6 Å². The molecule has 0 bridgehead atoms. The quantitative estimate of drug-likeness (QED) is 0.784. The summed E-state index contributed by atoms with van der Waals surface area (Å²) in [6, 6.07) is 11.0. The molecule has 1 aromatic heterocycles. The molecule has 25 heavy (non-hydrogen) atoms. The van der Waals surface area contributed by atoms with Gasteiger partial charge in [-0.1, -0.05) is 37.6 Å². The maximum absolute atomic E-state index is 12.1. The number of halogens is 1. The molecular formula is C18H22ClN3O2S. The molecule has 134 valence electrons. The summed E-state index contributed by atoms with van der Waals surface area (Å²) in [6.45, 7) is 4.63. The zero-order chi connectivity index (χ0) is 18.4. The first-order chi connectivity index (χ1) is 11.8. The normalized spacial score (nSPS) is 10.6. The van der Waals surface area contributed by atoms with Crippen molar-refractivity contribution in [3.05, 3.63) is 51.2 Å². The predicted molar refractivity (Wildman–Crippen MR) is 103 cm³/mol. The van der Waals surface area contributed by atoms with E-state index >= 15 is 0 Å². The van der Waals surface area contributed by atoms with Crippen molar-refractivity contribution in [1.82, 2.24) is 10.2 Å². The lowest BCUT2D eigenvalue weighted by molar-refractivity contribution is -0.118. The van der Waals surface area contributed by atoms with Gasteiger partial charge in [0.25, 0.3) is 0 Å². The Labute approximate surface area is 157 Å². The molecule has 0 fully saturated rings. The molecule has 1 heterocycles. The standard InChI is InChI=1S/C18H22ClN3O2S/c1-12(2)17(23)21-14-6-4-13(5-7-14)10-20-18(24)22(3)11-15-8-9-16(19)25-15/h4-9,12H,10-11H2,1-3H3,(H,20,24)(H,21,23). The Morgan fingerprint density at radius 2 is 1.84 bits per heavy atom. The number of nitrogens with one attached hydrogen (secondary N) is 2. The van der Waals surface area contributed by atoms with Crippen LogP contribution in [0.15, 0.2) is 36.4 Å². The van der Waals surface area contributed by atoms with Crippen molar-refractivity contribution in [2.45, 2.75) is 26.9 Å². The highest BCUT2D eigenvalue weighted by molar-refractivity contribution is 7.16. The smallest absolute Gasteiger partial charge is 0.317 e. The molecular weight excluding hydrogens is 358 g/mol. The van der Waals surface area contributed by atoms with Crippen molar-refractivity contribution in [1.29, 1.82) is 0 Å². The van der Waals surface area contributed by atoms with Crippen LogP contribution in [-0.4, -0.2) is 23.9 Å². The molecule has 0 unspecified atom stereocenters. The summed E-state index contributed by atoms with van der Waals surface area (Å²) in [5.74, 6) is -0.0795. The van der Waals surface area contributed by atoms with Gasteiger partial charge in [-0.15, -0.1) is 11.3 Å². The van der Waals surface area contributed by atoms with Crippen molar-refractivity contribution in [3.8, 4) is 0 Å². The molecule has 0 aliphatic rings. The summed E-state index contributed by atoms with van der Waals surface area (Å²) < 4.78 is 0.716. The molecule has 5 nitrogen and oxygen atoms in total. The predicted octanol–water partition coefficient (Wildman–Crippen LogP) is 4.34. The number of carbonyl (C=O) groups is 2. The molecule has 0 spiro atoms. The van der Waals surface area contributed by atoms with Gasteiger partial charge < -0.3 is 15.5 Å². The van der Waals surface area contributed by atoms with Gasteiger partial charge in [0.05, 0.1) is 10.9 Å². The zero-order valence-corrected chi connectivity index (χ0v) is 16.1. The van der Waals surface area contributed by atoms with E-state index in [0.29, 0.717) is 17.4 Å². The average molecular weight is 380 g/mol. The molecule has 1 aromatic carbocycles. The van der Waals surface area contributed by atoms with Crippen LogP contribution < -0.4 is 10.6 Å². The highest BCUT2D eigenvalue weighted by atomic mass is 35.5. The number of urea groups is 1. The fourth-order valence-corrected chi connectivity index (χ4v) is 3.19. The molecule has 3 amide bonds. The Balaban J connectivity index is 1.81. The van der Waals surface area contributed by atoms with E-state index in [4.69, 9.17) is 11.6 Å². The third kappa shape index (κ3) is 6.07. The molecule has 2 N–H and O–H groups in total. The van der Waals surface area contributed by atoms with Crippen LogP contribution in [0.2, 0.25) is 4.34 Å². The Hall–Kier alpha value is -2.05. The zero-order valence-electron chi connectivity index (χ0n) is 14.5. The van der Waals surface area contributed by atoms with Crippen LogP contribution in [0.5, 0.6) is 0 Å². The number of thiophene rings is 1. The Morgan fingerprint density at radius 1 is 1.16 bits per heavy atom. The van der Waals surface area contributed by atoms with Gasteiger partial charge in [-0.25, -0.2) is 4.79 Å². The van der Waals surface area contributed by atoms with Crippen LogP contribution in [0.3, 0.4) is 0 Å². The highest BCUT2D eigenvalue weighted by Gasteiger charge is 2.10. The van der Waals surface area contributed by atoms with Crippen LogP contribution in [0.4, 0.5) is 10.5 Å². The fourth-order valence-electron chi connectivity index (χ4n) is 2.05. The van der Waals surface area contributed by atoms with E-state index in [0.717, 1.165) is 16.1 Å². The minimum atomic E-state index is -0.151. The molecule has 0 aliphatic heterocycles.